The van der Waals surface area contributed by atoms with Gasteiger partial charge in [-0.1, -0.05) is 40.2 Å². The molecule has 4 rings (SSSR count). The Morgan fingerprint density at radius 2 is 2.00 bits per heavy atom. The lowest BCUT2D eigenvalue weighted by Gasteiger charge is -2.60. The maximum Gasteiger partial charge on any atom is 0.306 e. The van der Waals surface area contributed by atoms with E-state index >= 15 is 0 Å². The molecule has 6 nitrogen and oxygen atoms in total. The van der Waals surface area contributed by atoms with E-state index in [-0.39, 0.29) is 36.5 Å². The Bertz CT molecular complexity index is 955. The van der Waals surface area contributed by atoms with Crippen molar-refractivity contribution in [3.8, 4) is 0 Å². The van der Waals surface area contributed by atoms with Crippen molar-refractivity contribution in [3.05, 3.63) is 23.6 Å². The maximum absolute atomic E-state index is 14.8. The smallest absolute Gasteiger partial charge is 0.306 e. The van der Waals surface area contributed by atoms with E-state index in [1.54, 1.807) is 6.08 Å². The van der Waals surface area contributed by atoms with Crippen molar-refractivity contribution in [1.82, 2.24) is 0 Å². The van der Waals surface area contributed by atoms with Crippen LogP contribution in [0.3, 0.4) is 0 Å². The van der Waals surface area contributed by atoms with Crippen molar-refractivity contribution in [2.75, 3.05) is 6.61 Å². The largest absolute Gasteiger partial charge is 0.450 e. The molecule has 0 bridgehead atoms. The summed E-state index contributed by atoms with van der Waals surface area (Å²) < 4.78 is 20.9. The number of hydrogen-bond acceptors (Lipinski definition) is 6. The van der Waals surface area contributed by atoms with Gasteiger partial charge in [0.05, 0.1) is 6.10 Å². The quantitative estimate of drug-likeness (QED) is 0.565. The molecule has 188 valence electrons. The first kappa shape index (κ1) is 25.2. The predicted octanol–water partition coefficient (Wildman–Crippen LogP) is 3.84. The third-order valence-corrected chi connectivity index (χ3v) is 9.69. The van der Waals surface area contributed by atoms with Crippen LogP contribution in [-0.2, 0) is 19.1 Å². The van der Waals surface area contributed by atoms with Crippen molar-refractivity contribution >= 4 is 17.5 Å². The standard InChI is InChI=1S/C27H37FO6/c1-5-6-7-22(33)34-27(21(32)14-29)15(2)12-18-16-8-9-17-24(28)19(30)10-11-25(17,3)23(16)20(31)13-26(18,27)4/h10-11,15-16,18,20,23,29,31H,5-9,12-14H2,1-4H3/t15-,16-,18-,20-,23+,25-,26-,27-/m0/s1. The number of Topliss-reactive ketones (excluding diaryl/α,β-unsaturated/α-hetero) is 1. The SMILES string of the molecule is CCCCC(=O)O[C@]1(C(=O)CO)[C@@H](C)C[C@H]2[C@@H]3CCC4=C(F)C(=O)C=C[C@]4(C)[C@H]3[C@@H](O)C[C@@]21C. The normalized spacial score (nSPS) is 43.3. The Hall–Kier alpha value is -1.86. The number of carbonyl (C=O) groups is 3. The van der Waals surface area contributed by atoms with Gasteiger partial charge in [0, 0.05) is 29.1 Å². The fourth-order valence-electron chi connectivity index (χ4n) is 8.26. The Balaban J connectivity index is 1.77. The molecule has 4 aliphatic carbocycles. The highest BCUT2D eigenvalue weighted by molar-refractivity contribution is 6.04. The first-order chi connectivity index (χ1) is 16.0. The fourth-order valence-corrected chi connectivity index (χ4v) is 8.26. The highest BCUT2D eigenvalue weighted by Gasteiger charge is 2.72. The summed E-state index contributed by atoms with van der Waals surface area (Å²) in [6.07, 6.45) is 5.58. The number of aliphatic hydroxyl groups is 2. The monoisotopic (exact) mass is 476 g/mol. The van der Waals surface area contributed by atoms with E-state index in [1.165, 1.54) is 6.08 Å². The Kier molecular flexibility index (Phi) is 6.43. The zero-order chi connectivity index (χ0) is 25.1. The van der Waals surface area contributed by atoms with Gasteiger partial charge in [-0.3, -0.25) is 14.4 Å². The lowest BCUT2D eigenvalue weighted by Crippen LogP contribution is -2.64. The number of aliphatic hydroxyl groups excluding tert-OH is 2. The Morgan fingerprint density at radius 1 is 1.29 bits per heavy atom. The van der Waals surface area contributed by atoms with Gasteiger partial charge >= 0.3 is 5.97 Å². The van der Waals surface area contributed by atoms with Crippen LogP contribution in [0.4, 0.5) is 4.39 Å². The summed E-state index contributed by atoms with van der Waals surface area (Å²) in [5.41, 5.74) is -2.70. The topological polar surface area (TPSA) is 101 Å². The van der Waals surface area contributed by atoms with Gasteiger partial charge in [0.15, 0.2) is 11.4 Å². The number of rotatable bonds is 6. The molecule has 0 aromatic carbocycles. The molecular formula is C27H37FO6. The summed E-state index contributed by atoms with van der Waals surface area (Å²) >= 11 is 0. The average molecular weight is 477 g/mol. The number of hydrogen-bond donors (Lipinski definition) is 2. The maximum atomic E-state index is 14.8. The summed E-state index contributed by atoms with van der Waals surface area (Å²) in [6.45, 7) is 6.93. The van der Waals surface area contributed by atoms with E-state index in [4.69, 9.17) is 4.74 Å². The van der Waals surface area contributed by atoms with Crippen LogP contribution in [-0.4, -0.2) is 46.1 Å². The highest BCUT2D eigenvalue weighted by atomic mass is 19.1. The number of fused-ring (bicyclic) bond motifs is 5. The fraction of sp³-hybridized carbons (Fsp3) is 0.741. The van der Waals surface area contributed by atoms with Crippen molar-refractivity contribution < 1.29 is 33.7 Å². The summed E-state index contributed by atoms with van der Waals surface area (Å²) in [5.74, 6) is -3.05. The van der Waals surface area contributed by atoms with Crippen LogP contribution < -0.4 is 0 Å². The molecule has 0 heterocycles. The molecule has 0 radical (unpaired) electrons. The third-order valence-electron chi connectivity index (χ3n) is 9.69. The molecular weight excluding hydrogens is 439 g/mol. The minimum atomic E-state index is -1.51. The molecule has 4 aliphatic rings. The van der Waals surface area contributed by atoms with E-state index in [2.05, 4.69) is 0 Å². The van der Waals surface area contributed by atoms with Crippen LogP contribution in [0.25, 0.3) is 0 Å². The number of unbranched alkanes of at least 4 members (excludes halogenated alkanes) is 1. The molecule has 0 amide bonds. The molecule has 34 heavy (non-hydrogen) atoms. The number of ketones is 2. The lowest BCUT2D eigenvalue weighted by atomic mass is 9.46. The van der Waals surface area contributed by atoms with Crippen molar-refractivity contribution in [3.63, 3.8) is 0 Å². The Morgan fingerprint density at radius 3 is 2.65 bits per heavy atom. The first-order valence-electron chi connectivity index (χ1n) is 12.6. The summed E-state index contributed by atoms with van der Waals surface area (Å²) in [7, 11) is 0. The van der Waals surface area contributed by atoms with Crippen molar-refractivity contribution in [1.29, 1.82) is 0 Å². The number of ether oxygens (including phenoxy) is 1. The van der Waals surface area contributed by atoms with Gasteiger partial charge in [0.25, 0.3) is 0 Å². The molecule has 0 unspecified atom stereocenters. The molecule has 0 saturated heterocycles. The molecule has 0 aromatic rings. The van der Waals surface area contributed by atoms with Crippen LogP contribution in [0.2, 0.25) is 0 Å². The number of esters is 1. The first-order valence-corrected chi connectivity index (χ1v) is 12.6. The Labute approximate surface area is 200 Å². The number of carbonyl (C=O) groups excluding carboxylic acids is 3. The van der Waals surface area contributed by atoms with Crippen LogP contribution in [0, 0.1) is 34.5 Å². The van der Waals surface area contributed by atoms with Crippen LogP contribution in [0.5, 0.6) is 0 Å². The van der Waals surface area contributed by atoms with E-state index in [0.717, 1.165) is 6.42 Å². The second-order valence-electron chi connectivity index (χ2n) is 11.3. The molecule has 8 atom stereocenters. The molecule has 3 fully saturated rings. The van der Waals surface area contributed by atoms with Crippen molar-refractivity contribution in [2.24, 2.45) is 34.5 Å². The zero-order valence-electron chi connectivity index (χ0n) is 20.6. The van der Waals surface area contributed by atoms with E-state index < -0.39 is 52.5 Å². The minimum absolute atomic E-state index is 0.0432. The summed E-state index contributed by atoms with van der Waals surface area (Å²) in [5, 5.41) is 21.5. The van der Waals surface area contributed by atoms with Crippen molar-refractivity contribution in [2.45, 2.75) is 84.3 Å². The van der Waals surface area contributed by atoms with Gasteiger partial charge in [-0.05, 0) is 55.6 Å². The predicted molar refractivity (Wildman–Crippen MR) is 123 cm³/mol. The van der Waals surface area contributed by atoms with E-state index in [9.17, 15) is 29.0 Å². The van der Waals surface area contributed by atoms with Gasteiger partial charge in [-0.2, -0.15) is 0 Å². The van der Waals surface area contributed by atoms with E-state index in [1.807, 2.05) is 27.7 Å². The lowest BCUT2D eigenvalue weighted by molar-refractivity contribution is -0.205. The van der Waals surface area contributed by atoms with Gasteiger partial charge in [-0.25, -0.2) is 4.39 Å². The van der Waals surface area contributed by atoms with Crippen LogP contribution in [0.1, 0.15) is 72.6 Å². The molecule has 0 aliphatic heterocycles. The highest BCUT2D eigenvalue weighted by Crippen LogP contribution is 2.69. The molecule has 7 heteroatoms. The van der Waals surface area contributed by atoms with Gasteiger partial charge in [-0.15, -0.1) is 0 Å². The molecule has 0 aromatic heterocycles. The molecule has 0 spiro atoms. The second-order valence-corrected chi connectivity index (χ2v) is 11.3. The van der Waals surface area contributed by atoms with Crippen LogP contribution in [0.15, 0.2) is 23.6 Å². The van der Waals surface area contributed by atoms with E-state index in [0.29, 0.717) is 31.3 Å². The van der Waals surface area contributed by atoms with Gasteiger partial charge in [0.2, 0.25) is 11.6 Å². The third kappa shape index (κ3) is 3.29. The van der Waals surface area contributed by atoms with Gasteiger partial charge < -0.3 is 14.9 Å². The average Bonchev–Trinajstić information content (AvgIpc) is 3.01. The molecule has 2 N–H and O–H groups in total. The summed E-state index contributed by atoms with van der Waals surface area (Å²) in [6, 6.07) is 0. The van der Waals surface area contributed by atoms with Gasteiger partial charge in [0.1, 0.15) is 6.61 Å². The molecule has 3 saturated carbocycles. The minimum Gasteiger partial charge on any atom is -0.450 e. The summed E-state index contributed by atoms with van der Waals surface area (Å²) in [4.78, 5) is 38.1. The number of halogens is 1. The zero-order valence-corrected chi connectivity index (χ0v) is 20.6. The second kappa shape index (κ2) is 8.66. The number of allylic oxidation sites excluding steroid dienone is 4. The van der Waals surface area contributed by atoms with Crippen LogP contribution >= 0.6 is 0 Å².